The molecule has 6 heteroatoms. The number of benzene rings is 2. The van der Waals surface area contributed by atoms with Crippen molar-refractivity contribution in [2.24, 2.45) is 0 Å². The minimum absolute atomic E-state index is 0.191. The Morgan fingerprint density at radius 2 is 1.78 bits per heavy atom. The van der Waals surface area contributed by atoms with Gasteiger partial charge in [0.05, 0.1) is 10.7 Å². The average molecular weight is 332 g/mol. The molecule has 0 aliphatic heterocycles. The number of hydrogen-bond acceptors (Lipinski definition) is 3. The van der Waals surface area contributed by atoms with Crippen molar-refractivity contribution in [3.8, 4) is 0 Å². The third kappa shape index (κ3) is 4.47. The topological polar surface area (TPSA) is 61.4 Å². The molecule has 0 fully saturated rings. The highest BCUT2D eigenvalue weighted by atomic mass is 35.5. The number of carbonyl (C=O) groups is 2. The van der Waals surface area contributed by atoms with Crippen molar-refractivity contribution in [2.75, 3.05) is 29.6 Å². The Morgan fingerprint density at radius 3 is 2.43 bits per heavy atom. The second kappa shape index (κ2) is 7.15. The van der Waals surface area contributed by atoms with E-state index in [4.69, 9.17) is 11.6 Å². The summed E-state index contributed by atoms with van der Waals surface area (Å²) in [5.41, 5.74) is 2.46. The Morgan fingerprint density at radius 1 is 1.04 bits per heavy atom. The highest BCUT2D eigenvalue weighted by molar-refractivity contribution is 6.34. The van der Waals surface area contributed by atoms with Crippen LogP contribution < -0.4 is 15.5 Å². The van der Waals surface area contributed by atoms with Gasteiger partial charge in [0.2, 0.25) is 5.91 Å². The third-order valence-electron chi connectivity index (χ3n) is 3.16. The normalized spacial score (nSPS) is 10.1. The molecule has 2 aromatic rings. The summed E-state index contributed by atoms with van der Waals surface area (Å²) in [6, 6.07) is 12.2. The molecule has 0 heterocycles. The molecule has 0 unspecified atom stereocenters. The predicted molar refractivity (Wildman–Crippen MR) is 94.5 cm³/mol. The minimum atomic E-state index is -0.268. The van der Waals surface area contributed by atoms with Gasteiger partial charge < -0.3 is 15.5 Å². The van der Waals surface area contributed by atoms with Gasteiger partial charge in [0, 0.05) is 38.0 Å². The van der Waals surface area contributed by atoms with Crippen molar-refractivity contribution >= 4 is 40.5 Å². The van der Waals surface area contributed by atoms with Gasteiger partial charge in [0.15, 0.2) is 0 Å². The summed E-state index contributed by atoms with van der Waals surface area (Å²) in [4.78, 5) is 25.4. The number of carbonyl (C=O) groups excluding carboxylic acids is 2. The van der Waals surface area contributed by atoms with Crippen molar-refractivity contribution in [3.63, 3.8) is 0 Å². The van der Waals surface area contributed by atoms with E-state index in [9.17, 15) is 9.59 Å². The number of halogens is 1. The maximum absolute atomic E-state index is 12.4. The number of nitrogens with zero attached hydrogens (tertiary/aromatic N) is 1. The van der Waals surface area contributed by atoms with Gasteiger partial charge >= 0.3 is 0 Å². The average Bonchev–Trinajstić information content (AvgIpc) is 2.50. The van der Waals surface area contributed by atoms with Gasteiger partial charge in [-0.25, -0.2) is 0 Å². The van der Waals surface area contributed by atoms with Crippen molar-refractivity contribution in [3.05, 3.63) is 53.1 Å². The first-order chi connectivity index (χ1) is 10.9. The Balaban J connectivity index is 2.22. The number of rotatable bonds is 4. The molecular formula is C17H18ClN3O2. The second-order valence-electron chi connectivity index (χ2n) is 5.27. The van der Waals surface area contributed by atoms with Crippen LogP contribution in [0.1, 0.15) is 17.3 Å². The van der Waals surface area contributed by atoms with E-state index in [1.807, 2.05) is 31.1 Å². The van der Waals surface area contributed by atoms with E-state index >= 15 is 0 Å². The lowest BCUT2D eigenvalue weighted by Crippen LogP contribution is -2.15. The lowest BCUT2D eigenvalue weighted by atomic mass is 10.1. The van der Waals surface area contributed by atoms with E-state index < -0.39 is 0 Å². The summed E-state index contributed by atoms with van der Waals surface area (Å²) in [6.07, 6.45) is 0. The summed E-state index contributed by atoms with van der Waals surface area (Å²) < 4.78 is 0. The summed E-state index contributed by atoms with van der Waals surface area (Å²) in [5.74, 6) is -0.459. The lowest BCUT2D eigenvalue weighted by Gasteiger charge is -2.14. The molecule has 2 N–H and O–H groups in total. The zero-order chi connectivity index (χ0) is 17.0. The highest BCUT2D eigenvalue weighted by Crippen LogP contribution is 2.26. The second-order valence-corrected chi connectivity index (χ2v) is 5.68. The fourth-order valence-electron chi connectivity index (χ4n) is 2.02. The molecular weight excluding hydrogens is 314 g/mol. The fourth-order valence-corrected chi connectivity index (χ4v) is 2.19. The molecule has 0 bridgehead atoms. The summed E-state index contributed by atoms with van der Waals surface area (Å²) in [7, 11) is 3.82. The zero-order valence-corrected chi connectivity index (χ0v) is 13.9. The molecule has 2 aromatic carbocycles. The first-order valence-electron chi connectivity index (χ1n) is 7.02. The monoisotopic (exact) mass is 331 g/mol. The van der Waals surface area contributed by atoms with Gasteiger partial charge in [-0.2, -0.15) is 0 Å². The van der Waals surface area contributed by atoms with Crippen LogP contribution in [0.15, 0.2) is 42.5 Å². The van der Waals surface area contributed by atoms with E-state index in [2.05, 4.69) is 10.6 Å². The molecule has 120 valence electrons. The van der Waals surface area contributed by atoms with Crippen molar-refractivity contribution in [1.29, 1.82) is 0 Å². The molecule has 5 nitrogen and oxygen atoms in total. The molecule has 0 aromatic heterocycles. The van der Waals surface area contributed by atoms with Crippen molar-refractivity contribution in [1.82, 2.24) is 0 Å². The SMILES string of the molecule is CC(=O)Nc1ccc(Cl)c(NC(=O)c2cccc(N(C)C)c2)c1. The fraction of sp³-hybridized carbons (Fsp3) is 0.176. The van der Waals surface area contributed by atoms with E-state index in [1.165, 1.54) is 6.92 Å². The van der Waals surface area contributed by atoms with Gasteiger partial charge in [-0.05, 0) is 36.4 Å². The predicted octanol–water partition coefficient (Wildman–Crippen LogP) is 3.62. The van der Waals surface area contributed by atoms with E-state index in [0.717, 1.165) is 5.69 Å². The number of hydrogen-bond donors (Lipinski definition) is 2. The molecule has 2 rings (SSSR count). The first kappa shape index (κ1) is 16.8. The summed E-state index contributed by atoms with van der Waals surface area (Å²) in [6.45, 7) is 1.42. The molecule has 0 saturated heterocycles. The van der Waals surface area contributed by atoms with E-state index in [-0.39, 0.29) is 11.8 Å². The van der Waals surface area contributed by atoms with Crippen LogP contribution in [0, 0.1) is 0 Å². The van der Waals surface area contributed by atoms with Crippen LogP contribution >= 0.6 is 11.6 Å². The molecule has 0 atom stereocenters. The number of amides is 2. The van der Waals surface area contributed by atoms with Crippen LogP contribution in [0.4, 0.5) is 17.1 Å². The van der Waals surface area contributed by atoms with Crippen LogP contribution in [0.25, 0.3) is 0 Å². The quantitative estimate of drug-likeness (QED) is 0.899. The summed E-state index contributed by atoms with van der Waals surface area (Å²) in [5, 5.41) is 5.82. The highest BCUT2D eigenvalue weighted by Gasteiger charge is 2.11. The van der Waals surface area contributed by atoms with Crippen LogP contribution in [0.2, 0.25) is 5.02 Å². The Labute approximate surface area is 140 Å². The van der Waals surface area contributed by atoms with Gasteiger partial charge in [0.1, 0.15) is 0 Å². The molecule has 0 aliphatic carbocycles. The molecule has 0 radical (unpaired) electrons. The van der Waals surface area contributed by atoms with Crippen LogP contribution in [-0.2, 0) is 4.79 Å². The number of nitrogens with one attached hydrogen (secondary N) is 2. The molecule has 0 saturated carbocycles. The van der Waals surface area contributed by atoms with Gasteiger partial charge in [0.25, 0.3) is 5.91 Å². The van der Waals surface area contributed by atoms with Crippen LogP contribution in [0.5, 0.6) is 0 Å². The minimum Gasteiger partial charge on any atom is -0.378 e. The number of anilines is 3. The largest absolute Gasteiger partial charge is 0.378 e. The molecule has 2 amide bonds. The summed E-state index contributed by atoms with van der Waals surface area (Å²) >= 11 is 6.11. The first-order valence-corrected chi connectivity index (χ1v) is 7.40. The standard InChI is InChI=1S/C17H18ClN3O2/c1-11(22)19-13-7-8-15(18)16(10-13)20-17(23)12-5-4-6-14(9-12)21(2)3/h4-10H,1-3H3,(H,19,22)(H,20,23). The maximum Gasteiger partial charge on any atom is 0.255 e. The Bertz CT molecular complexity index is 744. The van der Waals surface area contributed by atoms with E-state index in [0.29, 0.717) is 22.0 Å². The Kier molecular flexibility index (Phi) is 5.24. The molecule has 23 heavy (non-hydrogen) atoms. The van der Waals surface area contributed by atoms with Crippen LogP contribution in [0.3, 0.4) is 0 Å². The Hall–Kier alpha value is -2.53. The van der Waals surface area contributed by atoms with Crippen molar-refractivity contribution in [2.45, 2.75) is 6.92 Å². The smallest absolute Gasteiger partial charge is 0.255 e. The van der Waals surface area contributed by atoms with Gasteiger partial charge in [-0.1, -0.05) is 17.7 Å². The van der Waals surface area contributed by atoms with Crippen LogP contribution in [-0.4, -0.2) is 25.9 Å². The van der Waals surface area contributed by atoms with Crippen molar-refractivity contribution < 1.29 is 9.59 Å². The van der Waals surface area contributed by atoms with Gasteiger partial charge in [-0.15, -0.1) is 0 Å². The van der Waals surface area contributed by atoms with E-state index in [1.54, 1.807) is 30.3 Å². The lowest BCUT2D eigenvalue weighted by molar-refractivity contribution is -0.114. The molecule has 0 spiro atoms. The van der Waals surface area contributed by atoms with Gasteiger partial charge in [-0.3, -0.25) is 9.59 Å². The zero-order valence-electron chi connectivity index (χ0n) is 13.2. The maximum atomic E-state index is 12.4. The molecule has 0 aliphatic rings. The third-order valence-corrected chi connectivity index (χ3v) is 3.49.